The average molecular weight is 408 g/mol. The molecule has 6 heteroatoms. The molecule has 0 fully saturated rings. The first-order chi connectivity index (χ1) is 13.6. The quantitative estimate of drug-likeness (QED) is 0.433. The first kappa shape index (κ1) is 17.4. The topological polar surface area (TPSA) is 47.3 Å². The first-order valence-corrected chi connectivity index (χ1v) is 9.76. The summed E-state index contributed by atoms with van der Waals surface area (Å²) < 4.78 is 1.67. The predicted octanol–water partition coefficient (Wildman–Crippen LogP) is 5.62. The molecule has 0 saturated carbocycles. The Balaban J connectivity index is 1.61. The molecule has 0 amide bonds. The molecule has 2 aromatic heterocycles. The maximum absolute atomic E-state index is 12.8. The van der Waals surface area contributed by atoms with Crippen LogP contribution in [0.25, 0.3) is 16.8 Å². The van der Waals surface area contributed by atoms with Crippen molar-refractivity contribution in [1.29, 1.82) is 0 Å². The van der Waals surface area contributed by atoms with E-state index in [0.717, 1.165) is 28.0 Å². The lowest BCUT2D eigenvalue weighted by molar-refractivity contribution is 0.0962. The minimum Gasteiger partial charge on any atom is -0.294 e. The summed E-state index contributed by atoms with van der Waals surface area (Å²) >= 11 is 12.3. The summed E-state index contributed by atoms with van der Waals surface area (Å²) in [6, 6.07) is 15.3. The highest BCUT2D eigenvalue weighted by molar-refractivity contribution is 6.31. The largest absolute Gasteiger partial charge is 0.294 e. The van der Waals surface area contributed by atoms with Gasteiger partial charge in [0.25, 0.3) is 0 Å². The maximum atomic E-state index is 12.8. The Hall–Kier alpha value is -2.69. The molecule has 28 heavy (non-hydrogen) atoms. The molecule has 4 aromatic rings. The van der Waals surface area contributed by atoms with Gasteiger partial charge in [-0.25, -0.2) is 9.50 Å². The van der Waals surface area contributed by atoms with Crippen molar-refractivity contribution in [1.82, 2.24) is 14.6 Å². The fourth-order valence-corrected chi connectivity index (χ4v) is 4.22. The van der Waals surface area contributed by atoms with E-state index in [1.807, 2.05) is 48.5 Å². The third-order valence-corrected chi connectivity index (χ3v) is 5.67. The van der Waals surface area contributed by atoms with Crippen molar-refractivity contribution >= 4 is 34.6 Å². The molecule has 0 radical (unpaired) electrons. The molecule has 0 aliphatic heterocycles. The van der Waals surface area contributed by atoms with Crippen molar-refractivity contribution in [3.05, 3.63) is 87.8 Å². The van der Waals surface area contributed by atoms with E-state index in [1.165, 1.54) is 0 Å². The van der Waals surface area contributed by atoms with Crippen LogP contribution in [0.15, 0.2) is 60.9 Å². The third-order valence-electron chi connectivity index (χ3n) is 5.20. The molecule has 2 heterocycles. The molecule has 1 atom stereocenters. The zero-order chi connectivity index (χ0) is 19.3. The van der Waals surface area contributed by atoms with Crippen LogP contribution < -0.4 is 0 Å². The highest BCUT2D eigenvalue weighted by atomic mass is 35.5. The van der Waals surface area contributed by atoms with Crippen molar-refractivity contribution < 1.29 is 4.79 Å². The number of benzene rings is 2. The maximum Gasteiger partial charge on any atom is 0.166 e. The predicted molar refractivity (Wildman–Crippen MR) is 110 cm³/mol. The van der Waals surface area contributed by atoms with E-state index < -0.39 is 0 Å². The molecule has 0 spiro atoms. The van der Waals surface area contributed by atoms with Gasteiger partial charge in [-0.1, -0.05) is 47.5 Å². The van der Waals surface area contributed by atoms with Crippen molar-refractivity contribution in [2.24, 2.45) is 0 Å². The van der Waals surface area contributed by atoms with Crippen molar-refractivity contribution in [3.63, 3.8) is 0 Å². The lowest BCUT2D eigenvalue weighted by atomic mass is 9.82. The van der Waals surface area contributed by atoms with Crippen LogP contribution in [0, 0.1) is 0 Å². The molecule has 138 valence electrons. The average Bonchev–Trinajstić information content (AvgIpc) is 3.09. The summed E-state index contributed by atoms with van der Waals surface area (Å²) in [5.74, 6) is 0.159. The smallest absolute Gasteiger partial charge is 0.166 e. The minimum atomic E-state index is 0.0752. The molecular formula is C22H15Cl2N3O. The van der Waals surface area contributed by atoms with E-state index in [1.54, 1.807) is 16.9 Å². The Morgan fingerprint density at radius 3 is 2.54 bits per heavy atom. The van der Waals surface area contributed by atoms with E-state index in [2.05, 4.69) is 5.10 Å². The van der Waals surface area contributed by atoms with Gasteiger partial charge in [-0.3, -0.25) is 4.79 Å². The lowest BCUT2D eigenvalue weighted by Gasteiger charge is -2.23. The number of halogens is 2. The highest BCUT2D eigenvalue weighted by Gasteiger charge is 2.28. The van der Waals surface area contributed by atoms with Crippen LogP contribution in [-0.2, 0) is 6.42 Å². The summed E-state index contributed by atoms with van der Waals surface area (Å²) in [6.45, 7) is 0. The number of nitrogens with zero attached hydrogens (tertiary/aromatic N) is 3. The number of Topliss-reactive ketones (excluding diaryl/α,β-unsaturated/α-hetero) is 1. The number of rotatable bonds is 2. The van der Waals surface area contributed by atoms with Gasteiger partial charge in [0.2, 0.25) is 0 Å². The number of carbonyl (C=O) groups is 1. The van der Waals surface area contributed by atoms with Crippen LogP contribution in [0.1, 0.15) is 34.0 Å². The van der Waals surface area contributed by atoms with E-state index in [0.29, 0.717) is 28.5 Å². The van der Waals surface area contributed by atoms with E-state index in [9.17, 15) is 4.79 Å². The van der Waals surface area contributed by atoms with Gasteiger partial charge in [0.05, 0.1) is 17.5 Å². The zero-order valence-corrected chi connectivity index (χ0v) is 16.3. The third kappa shape index (κ3) is 2.99. The Bertz CT molecular complexity index is 1230. The number of fused-ring (bicyclic) bond motifs is 2. The molecule has 0 N–H and O–H groups in total. The van der Waals surface area contributed by atoms with Crippen LogP contribution in [0.3, 0.4) is 0 Å². The Kier molecular flexibility index (Phi) is 4.18. The molecule has 0 bridgehead atoms. The first-order valence-electron chi connectivity index (χ1n) is 9.00. The van der Waals surface area contributed by atoms with Gasteiger partial charge in [0, 0.05) is 28.2 Å². The van der Waals surface area contributed by atoms with Gasteiger partial charge in [0.15, 0.2) is 11.4 Å². The molecule has 1 aliphatic carbocycles. The number of hydrogen-bond acceptors (Lipinski definition) is 3. The van der Waals surface area contributed by atoms with Crippen LogP contribution in [-0.4, -0.2) is 20.4 Å². The molecule has 4 nitrogen and oxygen atoms in total. The SMILES string of the molecule is O=C1CC(c2cccc(Cl)c2)Cc2nc3c(-c4cccc(Cl)c4)cnn3cc21. The Morgan fingerprint density at radius 2 is 1.75 bits per heavy atom. The van der Waals surface area contributed by atoms with Crippen molar-refractivity contribution in [2.45, 2.75) is 18.8 Å². The van der Waals surface area contributed by atoms with Crippen LogP contribution in [0.2, 0.25) is 10.0 Å². The monoisotopic (exact) mass is 407 g/mol. The van der Waals surface area contributed by atoms with Gasteiger partial charge in [0.1, 0.15) is 0 Å². The fourth-order valence-electron chi connectivity index (χ4n) is 3.83. The van der Waals surface area contributed by atoms with Gasteiger partial charge in [-0.2, -0.15) is 5.10 Å². The second-order valence-corrected chi connectivity index (χ2v) is 7.89. The molecule has 2 aromatic carbocycles. The second kappa shape index (κ2) is 6.73. The summed E-state index contributed by atoms with van der Waals surface area (Å²) in [5.41, 5.74) is 5.08. The lowest BCUT2D eigenvalue weighted by Crippen LogP contribution is -2.21. The number of aromatic nitrogens is 3. The fraction of sp³-hybridized carbons (Fsp3) is 0.136. The molecule has 1 unspecified atom stereocenters. The van der Waals surface area contributed by atoms with Gasteiger partial charge >= 0.3 is 0 Å². The van der Waals surface area contributed by atoms with E-state index >= 15 is 0 Å². The van der Waals surface area contributed by atoms with Crippen molar-refractivity contribution in [2.75, 3.05) is 0 Å². The molecule has 1 aliphatic rings. The van der Waals surface area contributed by atoms with Gasteiger partial charge in [-0.05, 0) is 47.7 Å². The number of carbonyl (C=O) groups excluding carboxylic acids is 1. The normalized spacial score (nSPS) is 16.4. The van der Waals surface area contributed by atoms with Gasteiger partial charge < -0.3 is 0 Å². The second-order valence-electron chi connectivity index (χ2n) is 7.02. The summed E-state index contributed by atoms with van der Waals surface area (Å²) in [5, 5.41) is 5.73. The molecule has 5 rings (SSSR count). The number of hydrogen-bond donors (Lipinski definition) is 0. The molecule has 0 saturated heterocycles. The minimum absolute atomic E-state index is 0.0752. The van der Waals surface area contributed by atoms with E-state index in [4.69, 9.17) is 28.2 Å². The van der Waals surface area contributed by atoms with Crippen LogP contribution in [0.4, 0.5) is 0 Å². The highest BCUT2D eigenvalue weighted by Crippen LogP contribution is 2.34. The molecular weight excluding hydrogens is 393 g/mol. The standard InChI is InChI=1S/C22H15Cl2N3O/c23-16-5-1-3-13(7-16)15-9-20-19(21(28)10-15)12-27-22(26-20)18(11-25-27)14-4-2-6-17(24)8-14/h1-8,11-12,15H,9-10H2. The van der Waals surface area contributed by atoms with Crippen LogP contribution >= 0.6 is 23.2 Å². The van der Waals surface area contributed by atoms with E-state index in [-0.39, 0.29) is 11.7 Å². The summed E-state index contributed by atoms with van der Waals surface area (Å²) in [4.78, 5) is 17.6. The van der Waals surface area contributed by atoms with Crippen molar-refractivity contribution in [3.8, 4) is 11.1 Å². The Labute approximate surface area is 171 Å². The van der Waals surface area contributed by atoms with Crippen LogP contribution in [0.5, 0.6) is 0 Å². The zero-order valence-electron chi connectivity index (χ0n) is 14.8. The Morgan fingerprint density at radius 1 is 0.964 bits per heavy atom. The summed E-state index contributed by atoms with van der Waals surface area (Å²) in [7, 11) is 0. The summed E-state index contributed by atoms with van der Waals surface area (Å²) in [6.07, 6.45) is 4.70. The number of ketones is 1. The van der Waals surface area contributed by atoms with Gasteiger partial charge in [-0.15, -0.1) is 0 Å².